The second-order valence-corrected chi connectivity index (χ2v) is 5.62. The summed E-state index contributed by atoms with van der Waals surface area (Å²) in [5, 5.41) is 9.12. The van der Waals surface area contributed by atoms with Crippen LogP contribution in [0.25, 0.3) is 0 Å². The number of halogens is 5. The Morgan fingerprint density at radius 2 is 1.87 bits per heavy atom. The van der Waals surface area contributed by atoms with Gasteiger partial charge in [-0.05, 0) is 31.6 Å². The summed E-state index contributed by atoms with van der Waals surface area (Å²) in [4.78, 5) is 12.8. The van der Waals surface area contributed by atoms with Crippen LogP contribution >= 0.6 is 0 Å². The van der Waals surface area contributed by atoms with Crippen LogP contribution in [0.1, 0.15) is 32.1 Å². The number of alkyl halides is 5. The lowest BCUT2D eigenvalue weighted by Crippen LogP contribution is -2.40. The van der Waals surface area contributed by atoms with Gasteiger partial charge in [0.1, 0.15) is 0 Å². The van der Waals surface area contributed by atoms with Crippen molar-refractivity contribution < 1.29 is 31.5 Å². The van der Waals surface area contributed by atoms with Gasteiger partial charge in [-0.25, -0.2) is 4.79 Å². The second kappa shape index (κ2) is 7.79. The first kappa shape index (κ1) is 19.5. The summed E-state index contributed by atoms with van der Waals surface area (Å²) in [5.41, 5.74) is 0. The Labute approximate surface area is 131 Å². The molecule has 0 saturated carbocycles. The fourth-order valence-electron chi connectivity index (χ4n) is 2.70. The van der Waals surface area contributed by atoms with Crippen molar-refractivity contribution in [1.82, 2.24) is 4.90 Å². The zero-order valence-corrected chi connectivity index (χ0v) is 12.7. The summed E-state index contributed by atoms with van der Waals surface area (Å²) in [5.74, 6) is -5.42. The quantitative estimate of drug-likeness (QED) is 0.710. The van der Waals surface area contributed by atoms with Crippen LogP contribution in [-0.2, 0) is 4.74 Å². The van der Waals surface area contributed by atoms with Crippen LogP contribution in [0.15, 0.2) is 0 Å². The van der Waals surface area contributed by atoms with Crippen LogP contribution in [0, 0.1) is 23.2 Å². The Bertz CT molecular complexity index is 439. The van der Waals surface area contributed by atoms with Crippen molar-refractivity contribution in [2.45, 2.75) is 44.2 Å². The number of likely N-dealkylation sites (tertiary alicyclic amines) is 1. The maximum atomic E-state index is 12.8. The number of hydrogen-bond donors (Lipinski definition) is 0. The number of rotatable bonds is 5. The van der Waals surface area contributed by atoms with E-state index in [-0.39, 0.29) is 18.8 Å². The van der Waals surface area contributed by atoms with E-state index in [1.807, 2.05) is 6.07 Å². The number of hydrogen-bond acceptors (Lipinski definition) is 3. The van der Waals surface area contributed by atoms with Crippen molar-refractivity contribution in [3.05, 3.63) is 0 Å². The molecule has 1 saturated heterocycles. The van der Waals surface area contributed by atoms with Crippen molar-refractivity contribution in [1.29, 1.82) is 5.26 Å². The maximum Gasteiger partial charge on any atom is 0.453 e. The minimum absolute atomic E-state index is 0.00887. The average molecular weight is 342 g/mol. The number of ether oxygens (including phenoxy) is 1. The number of carbonyl (C=O) groups is 1. The Kier molecular flexibility index (Phi) is 6.59. The van der Waals surface area contributed by atoms with E-state index in [1.165, 1.54) is 12.0 Å². The molecule has 9 heteroatoms. The minimum atomic E-state index is -5.55. The lowest BCUT2D eigenvalue weighted by molar-refractivity contribution is -0.284. The molecule has 0 aromatic heterocycles. The molecule has 0 N–H and O–H groups in total. The Hall–Kier alpha value is -1.59. The molecule has 23 heavy (non-hydrogen) atoms. The molecule has 1 aliphatic heterocycles. The molecule has 1 unspecified atom stereocenters. The molecule has 0 aromatic carbocycles. The molecule has 1 aliphatic rings. The first-order valence-electron chi connectivity index (χ1n) is 7.29. The first-order valence-corrected chi connectivity index (χ1v) is 7.29. The highest BCUT2D eigenvalue weighted by Gasteiger charge is 2.56. The van der Waals surface area contributed by atoms with Crippen LogP contribution in [-0.4, -0.2) is 43.3 Å². The molecular formula is C14H19F5N2O2. The lowest BCUT2D eigenvalue weighted by atomic mass is 9.82. The average Bonchev–Trinajstić information content (AvgIpc) is 2.50. The lowest BCUT2D eigenvalue weighted by Gasteiger charge is -2.33. The van der Waals surface area contributed by atoms with E-state index in [2.05, 4.69) is 4.74 Å². The molecule has 0 aromatic rings. The number of nitrogens with zero attached hydrogens (tertiary/aromatic N) is 2. The Morgan fingerprint density at radius 3 is 2.30 bits per heavy atom. The van der Waals surface area contributed by atoms with Crippen LogP contribution in [0.4, 0.5) is 26.7 Å². The van der Waals surface area contributed by atoms with Gasteiger partial charge in [-0.3, -0.25) is 0 Å². The summed E-state index contributed by atoms with van der Waals surface area (Å²) in [6.45, 7) is 0.766. The topological polar surface area (TPSA) is 53.3 Å². The number of carbonyl (C=O) groups excluding carboxylic acids is 1. The van der Waals surface area contributed by atoms with Gasteiger partial charge >= 0.3 is 18.2 Å². The van der Waals surface area contributed by atoms with Gasteiger partial charge in [0.15, 0.2) is 0 Å². The standard InChI is InChI=1S/C14H19F5N2O2/c1-23-12(22)21-7-4-10(5-8-21)11(9-20)3-2-6-13(15,16)14(17,18)19/h10-11H,2-8H2,1H3. The van der Waals surface area contributed by atoms with Crippen molar-refractivity contribution in [2.24, 2.45) is 11.8 Å². The van der Waals surface area contributed by atoms with Gasteiger partial charge < -0.3 is 9.64 Å². The second-order valence-electron chi connectivity index (χ2n) is 5.62. The summed E-state index contributed by atoms with van der Waals surface area (Å²) in [6.07, 6.45) is -6.71. The van der Waals surface area contributed by atoms with E-state index in [9.17, 15) is 26.7 Å². The van der Waals surface area contributed by atoms with Crippen molar-refractivity contribution in [3.8, 4) is 6.07 Å². The Morgan fingerprint density at radius 1 is 1.30 bits per heavy atom. The number of methoxy groups -OCH3 is 1. The fraction of sp³-hybridized carbons (Fsp3) is 0.857. The van der Waals surface area contributed by atoms with Gasteiger partial charge in [0.05, 0.1) is 13.2 Å². The highest BCUT2D eigenvalue weighted by Crippen LogP contribution is 2.40. The smallest absolute Gasteiger partial charge is 0.453 e. The summed E-state index contributed by atoms with van der Waals surface area (Å²) < 4.78 is 66.5. The molecule has 0 radical (unpaired) electrons. The monoisotopic (exact) mass is 342 g/mol. The highest BCUT2D eigenvalue weighted by atomic mass is 19.4. The van der Waals surface area contributed by atoms with Gasteiger partial charge in [-0.15, -0.1) is 0 Å². The third kappa shape index (κ3) is 5.22. The summed E-state index contributed by atoms with van der Waals surface area (Å²) >= 11 is 0. The molecule has 1 heterocycles. The van der Waals surface area contributed by atoms with Crippen LogP contribution in [0.2, 0.25) is 0 Å². The van der Waals surface area contributed by atoms with E-state index in [4.69, 9.17) is 5.26 Å². The van der Waals surface area contributed by atoms with E-state index in [0.717, 1.165) is 0 Å². The van der Waals surface area contributed by atoms with Crippen LogP contribution in [0.5, 0.6) is 0 Å². The summed E-state index contributed by atoms with van der Waals surface area (Å²) in [6, 6.07) is 1.99. The van der Waals surface area contributed by atoms with E-state index < -0.39 is 30.5 Å². The van der Waals surface area contributed by atoms with E-state index >= 15 is 0 Å². The van der Waals surface area contributed by atoms with Crippen LogP contribution < -0.4 is 0 Å². The van der Waals surface area contributed by atoms with Crippen molar-refractivity contribution in [3.63, 3.8) is 0 Å². The van der Waals surface area contributed by atoms with Gasteiger partial charge in [-0.1, -0.05) is 0 Å². The third-order valence-corrected chi connectivity index (χ3v) is 4.13. The zero-order valence-electron chi connectivity index (χ0n) is 12.7. The molecule has 132 valence electrons. The molecule has 0 aliphatic carbocycles. The summed E-state index contributed by atoms with van der Waals surface area (Å²) in [7, 11) is 1.26. The highest BCUT2D eigenvalue weighted by molar-refractivity contribution is 5.67. The molecule has 1 amide bonds. The van der Waals surface area contributed by atoms with Gasteiger partial charge in [0.25, 0.3) is 0 Å². The van der Waals surface area contributed by atoms with Gasteiger partial charge in [-0.2, -0.15) is 27.2 Å². The molecule has 1 atom stereocenters. The fourth-order valence-corrected chi connectivity index (χ4v) is 2.70. The third-order valence-electron chi connectivity index (χ3n) is 4.13. The predicted molar refractivity (Wildman–Crippen MR) is 70.7 cm³/mol. The molecule has 1 fully saturated rings. The SMILES string of the molecule is COC(=O)N1CCC(C(C#N)CCCC(F)(F)C(F)(F)F)CC1. The Balaban J connectivity index is 2.45. The first-order chi connectivity index (χ1) is 10.6. The normalized spacial score (nSPS) is 18.4. The van der Waals surface area contributed by atoms with E-state index in [0.29, 0.717) is 25.9 Å². The van der Waals surface area contributed by atoms with Crippen molar-refractivity contribution in [2.75, 3.05) is 20.2 Å². The maximum absolute atomic E-state index is 12.8. The van der Waals surface area contributed by atoms with Crippen LogP contribution in [0.3, 0.4) is 0 Å². The molecule has 0 spiro atoms. The minimum Gasteiger partial charge on any atom is -0.453 e. The molecular weight excluding hydrogens is 323 g/mol. The molecule has 1 rings (SSSR count). The van der Waals surface area contributed by atoms with Crippen molar-refractivity contribution >= 4 is 6.09 Å². The van der Waals surface area contributed by atoms with Gasteiger partial charge in [0.2, 0.25) is 0 Å². The number of amides is 1. The largest absolute Gasteiger partial charge is 0.453 e. The molecule has 4 nitrogen and oxygen atoms in total. The number of nitriles is 1. The van der Waals surface area contributed by atoms with E-state index in [1.54, 1.807) is 0 Å². The zero-order chi connectivity index (χ0) is 17.7. The van der Waals surface area contributed by atoms with Gasteiger partial charge in [0, 0.05) is 25.4 Å². The number of piperidine rings is 1. The predicted octanol–water partition coefficient (Wildman–Crippen LogP) is 3.97. The molecule has 0 bridgehead atoms.